The highest BCUT2D eigenvalue weighted by atomic mass is 16.4. The minimum atomic E-state index is -1.02. The Balaban J connectivity index is 3.28. The van der Waals surface area contributed by atoms with Crippen molar-refractivity contribution in [3.8, 4) is 0 Å². The molecule has 0 aromatic carbocycles. The van der Waals surface area contributed by atoms with Gasteiger partial charge in [-0.2, -0.15) is 0 Å². The summed E-state index contributed by atoms with van der Waals surface area (Å²) in [6, 6.07) is 0. The Kier molecular flexibility index (Phi) is 4.47. The molecule has 0 bridgehead atoms. The van der Waals surface area contributed by atoms with Gasteiger partial charge in [0.15, 0.2) is 5.82 Å². The molecule has 1 N–H and O–H groups in total. The highest BCUT2D eigenvalue weighted by Crippen LogP contribution is 2.12. The van der Waals surface area contributed by atoms with Crippen LogP contribution in [0.4, 0.5) is 5.82 Å². The van der Waals surface area contributed by atoms with Crippen molar-refractivity contribution in [2.75, 3.05) is 18.0 Å². The lowest BCUT2D eigenvalue weighted by molar-refractivity contribution is -0.135. The molecular formula is C13H19N3O3. The zero-order valence-electron chi connectivity index (χ0n) is 11.5. The predicted octanol–water partition coefficient (Wildman–Crippen LogP) is 1.08. The number of hydrogen-bond donors (Lipinski definition) is 1. The van der Waals surface area contributed by atoms with E-state index in [-0.39, 0.29) is 24.5 Å². The molecule has 19 heavy (non-hydrogen) atoms. The van der Waals surface area contributed by atoms with Gasteiger partial charge in [-0.3, -0.25) is 9.59 Å². The second kappa shape index (κ2) is 5.69. The van der Waals surface area contributed by atoms with Crippen LogP contribution in [0.5, 0.6) is 0 Å². The van der Waals surface area contributed by atoms with E-state index < -0.39 is 11.5 Å². The molecule has 0 saturated heterocycles. The van der Waals surface area contributed by atoms with E-state index >= 15 is 0 Å². The van der Waals surface area contributed by atoms with Crippen molar-refractivity contribution in [1.29, 1.82) is 0 Å². The lowest BCUT2D eigenvalue weighted by atomic mass is 10.1. The van der Waals surface area contributed by atoms with Crippen LogP contribution in [0.2, 0.25) is 0 Å². The van der Waals surface area contributed by atoms with Gasteiger partial charge in [0, 0.05) is 24.5 Å². The summed E-state index contributed by atoms with van der Waals surface area (Å²) in [4.78, 5) is 28.6. The molecule has 0 amide bonds. The minimum Gasteiger partial charge on any atom is -0.480 e. The molecule has 0 saturated carbocycles. The SMILES string of the molecule is C=CCN(CC(=O)O)c1nccn(C(C)(C)C)c1=O. The fraction of sp³-hybridized carbons (Fsp3) is 0.462. The predicted molar refractivity (Wildman–Crippen MR) is 73.5 cm³/mol. The maximum atomic E-state index is 12.3. The Morgan fingerprint density at radius 1 is 1.58 bits per heavy atom. The van der Waals surface area contributed by atoms with Gasteiger partial charge < -0.3 is 14.6 Å². The number of aromatic nitrogens is 2. The van der Waals surface area contributed by atoms with Crippen LogP contribution in [0.1, 0.15) is 20.8 Å². The second-order valence-corrected chi connectivity index (χ2v) is 5.16. The molecule has 6 heteroatoms. The van der Waals surface area contributed by atoms with Crippen LogP contribution < -0.4 is 10.5 Å². The van der Waals surface area contributed by atoms with E-state index in [2.05, 4.69) is 11.6 Å². The van der Waals surface area contributed by atoms with E-state index in [9.17, 15) is 9.59 Å². The van der Waals surface area contributed by atoms with Crippen LogP contribution in [0, 0.1) is 0 Å². The van der Waals surface area contributed by atoms with Crippen LogP contribution in [-0.4, -0.2) is 33.7 Å². The summed E-state index contributed by atoms with van der Waals surface area (Å²) in [5.41, 5.74) is -0.698. The first-order valence-corrected chi connectivity index (χ1v) is 5.93. The summed E-state index contributed by atoms with van der Waals surface area (Å²) >= 11 is 0. The normalized spacial score (nSPS) is 11.1. The van der Waals surface area contributed by atoms with Crippen molar-refractivity contribution < 1.29 is 9.90 Å². The number of carboxylic acids is 1. The third-order valence-corrected chi connectivity index (χ3v) is 2.52. The standard InChI is InChI=1S/C13H19N3O3/c1-5-7-15(9-10(17)18)11-12(19)16(8-6-14-11)13(2,3)4/h5-6,8H,1,7,9H2,2-4H3,(H,17,18). The molecule has 0 aliphatic rings. The van der Waals surface area contributed by atoms with E-state index in [4.69, 9.17) is 5.11 Å². The molecule has 1 aromatic heterocycles. The number of carbonyl (C=O) groups is 1. The van der Waals surface area contributed by atoms with Gasteiger partial charge in [0.2, 0.25) is 0 Å². The maximum absolute atomic E-state index is 12.3. The average Bonchev–Trinajstić information content (AvgIpc) is 2.26. The fourth-order valence-electron chi connectivity index (χ4n) is 1.69. The van der Waals surface area contributed by atoms with Crippen LogP contribution in [0.3, 0.4) is 0 Å². The van der Waals surface area contributed by atoms with Gasteiger partial charge in [0.25, 0.3) is 5.56 Å². The summed E-state index contributed by atoms with van der Waals surface area (Å²) in [5, 5.41) is 8.88. The Morgan fingerprint density at radius 2 is 2.21 bits per heavy atom. The third kappa shape index (κ3) is 3.67. The van der Waals surface area contributed by atoms with Crippen molar-refractivity contribution in [2.24, 2.45) is 0 Å². The van der Waals surface area contributed by atoms with Crippen molar-refractivity contribution in [3.63, 3.8) is 0 Å². The average molecular weight is 265 g/mol. The quantitative estimate of drug-likeness (QED) is 0.806. The Labute approximate surface area is 112 Å². The van der Waals surface area contributed by atoms with Gasteiger partial charge in [0.05, 0.1) is 0 Å². The number of hydrogen-bond acceptors (Lipinski definition) is 4. The number of anilines is 1. The van der Waals surface area contributed by atoms with Crippen LogP contribution in [0.25, 0.3) is 0 Å². The maximum Gasteiger partial charge on any atom is 0.323 e. The summed E-state index contributed by atoms with van der Waals surface area (Å²) in [6.07, 6.45) is 4.64. The topological polar surface area (TPSA) is 75.4 Å². The Bertz CT molecular complexity index is 529. The van der Waals surface area contributed by atoms with E-state index in [0.717, 1.165) is 0 Å². The molecule has 6 nitrogen and oxygen atoms in total. The first-order valence-electron chi connectivity index (χ1n) is 5.93. The fourth-order valence-corrected chi connectivity index (χ4v) is 1.69. The van der Waals surface area contributed by atoms with Crippen LogP contribution in [0.15, 0.2) is 29.8 Å². The first-order chi connectivity index (χ1) is 8.77. The van der Waals surface area contributed by atoms with Gasteiger partial charge in [-0.05, 0) is 20.8 Å². The zero-order valence-corrected chi connectivity index (χ0v) is 11.5. The van der Waals surface area contributed by atoms with E-state index in [0.29, 0.717) is 0 Å². The summed E-state index contributed by atoms with van der Waals surface area (Å²) < 4.78 is 1.53. The van der Waals surface area contributed by atoms with Gasteiger partial charge >= 0.3 is 5.97 Å². The van der Waals surface area contributed by atoms with Gasteiger partial charge in [-0.25, -0.2) is 4.98 Å². The molecule has 0 atom stereocenters. The van der Waals surface area contributed by atoms with Crippen LogP contribution in [-0.2, 0) is 10.3 Å². The third-order valence-electron chi connectivity index (χ3n) is 2.52. The molecule has 0 fully saturated rings. The molecule has 0 radical (unpaired) electrons. The van der Waals surface area contributed by atoms with Crippen molar-refractivity contribution in [3.05, 3.63) is 35.4 Å². The van der Waals surface area contributed by atoms with Crippen molar-refractivity contribution in [2.45, 2.75) is 26.3 Å². The molecule has 1 aromatic rings. The number of rotatable bonds is 5. The Morgan fingerprint density at radius 3 is 2.68 bits per heavy atom. The number of aliphatic carboxylic acids is 1. The van der Waals surface area contributed by atoms with E-state index in [1.807, 2.05) is 20.8 Å². The molecule has 0 aliphatic carbocycles. The van der Waals surface area contributed by atoms with Crippen molar-refractivity contribution >= 4 is 11.8 Å². The molecule has 1 rings (SSSR count). The molecule has 0 spiro atoms. The minimum absolute atomic E-state index is 0.125. The number of nitrogens with zero attached hydrogens (tertiary/aromatic N) is 3. The highest BCUT2D eigenvalue weighted by Gasteiger charge is 2.20. The lowest BCUT2D eigenvalue weighted by Crippen LogP contribution is -2.40. The van der Waals surface area contributed by atoms with Gasteiger partial charge in [-0.15, -0.1) is 6.58 Å². The molecular weight excluding hydrogens is 246 g/mol. The van der Waals surface area contributed by atoms with Crippen LogP contribution >= 0.6 is 0 Å². The molecule has 104 valence electrons. The van der Waals surface area contributed by atoms with E-state index in [1.165, 1.54) is 15.7 Å². The smallest absolute Gasteiger partial charge is 0.323 e. The zero-order chi connectivity index (χ0) is 14.6. The molecule has 1 heterocycles. The Hall–Kier alpha value is -2.11. The lowest BCUT2D eigenvalue weighted by Gasteiger charge is -2.25. The molecule has 0 aliphatic heterocycles. The molecule has 0 unspecified atom stereocenters. The highest BCUT2D eigenvalue weighted by molar-refractivity contribution is 5.73. The summed E-state index contributed by atoms with van der Waals surface area (Å²) in [5.74, 6) is -0.895. The summed E-state index contributed by atoms with van der Waals surface area (Å²) in [7, 11) is 0. The first kappa shape index (κ1) is 14.9. The second-order valence-electron chi connectivity index (χ2n) is 5.16. The van der Waals surface area contributed by atoms with Gasteiger partial charge in [0.1, 0.15) is 6.54 Å². The number of carboxylic acid groups (broad SMARTS) is 1. The van der Waals surface area contributed by atoms with E-state index in [1.54, 1.807) is 12.3 Å². The van der Waals surface area contributed by atoms with Crippen molar-refractivity contribution in [1.82, 2.24) is 9.55 Å². The monoisotopic (exact) mass is 265 g/mol. The summed E-state index contributed by atoms with van der Waals surface area (Å²) in [6.45, 7) is 9.21. The van der Waals surface area contributed by atoms with Gasteiger partial charge in [-0.1, -0.05) is 6.08 Å². The largest absolute Gasteiger partial charge is 0.480 e.